The molecular formula is C17H24O3S. The lowest BCUT2D eigenvalue weighted by Gasteiger charge is -2.22. The van der Waals surface area contributed by atoms with E-state index in [1.54, 1.807) is 0 Å². The molecule has 2 rings (SSSR count). The molecule has 0 aromatic heterocycles. The van der Waals surface area contributed by atoms with Crippen LogP contribution >= 0.6 is 0 Å². The van der Waals surface area contributed by atoms with E-state index >= 15 is 0 Å². The van der Waals surface area contributed by atoms with Gasteiger partial charge in [-0.05, 0) is 49.1 Å². The molecule has 0 spiro atoms. The van der Waals surface area contributed by atoms with E-state index in [1.807, 2.05) is 0 Å². The molecule has 0 heterocycles. The van der Waals surface area contributed by atoms with Gasteiger partial charge in [-0.3, -0.25) is 4.55 Å². The Morgan fingerprint density at radius 2 is 1.95 bits per heavy atom. The maximum atomic E-state index is 10.6. The highest BCUT2D eigenvalue weighted by Crippen LogP contribution is 2.32. The summed E-state index contributed by atoms with van der Waals surface area (Å²) in [5, 5.41) is 0.867. The minimum atomic E-state index is -3.97. The Kier molecular flexibility index (Phi) is 6.00. The molecule has 1 aliphatic rings. The van der Waals surface area contributed by atoms with E-state index in [9.17, 15) is 8.42 Å². The Morgan fingerprint density at radius 1 is 1.19 bits per heavy atom. The summed E-state index contributed by atoms with van der Waals surface area (Å²) in [6.07, 6.45) is 10.7. The van der Waals surface area contributed by atoms with Crippen molar-refractivity contribution in [2.24, 2.45) is 0 Å². The Morgan fingerprint density at radius 3 is 2.67 bits per heavy atom. The van der Waals surface area contributed by atoms with E-state index in [4.69, 9.17) is 4.55 Å². The van der Waals surface area contributed by atoms with Crippen LogP contribution in [0.4, 0.5) is 0 Å². The average Bonchev–Trinajstić information content (AvgIpc) is 2.47. The Labute approximate surface area is 127 Å². The second-order valence-corrected chi connectivity index (χ2v) is 7.16. The largest absolute Gasteiger partial charge is 0.287 e. The van der Waals surface area contributed by atoms with Crippen molar-refractivity contribution in [2.75, 3.05) is 0 Å². The molecule has 1 aliphatic carbocycles. The smallest absolute Gasteiger partial charge is 0.282 e. The van der Waals surface area contributed by atoms with E-state index in [-0.39, 0.29) is 0 Å². The molecular weight excluding hydrogens is 284 g/mol. The van der Waals surface area contributed by atoms with Gasteiger partial charge >= 0.3 is 0 Å². The number of hydrogen-bond donors (Lipinski definition) is 1. The third kappa shape index (κ3) is 6.02. The maximum Gasteiger partial charge on any atom is 0.287 e. The van der Waals surface area contributed by atoms with E-state index < -0.39 is 10.1 Å². The summed E-state index contributed by atoms with van der Waals surface area (Å²) < 4.78 is 29.7. The van der Waals surface area contributed by atoms with Gasteiger partial charge in [-0.15, -0.1) is 0 Å². The molecule has 116 valence electrons. The van der Waals surface area contributed by atoms with Gasteiger partial charge < -0.3 is 0 Å². The van der Waals surface area contributed by atoms with E-state index in [2.05, 4.69) is 24.3 Å². The first-order valence-electron chi connectivity index (χ1n) is 7.77. The average molecular weight is 308 g/mol. The molecule has 1 N–H and O–H groups in total. The van der Waals surface area contributed by atoms with Gasteiger partial charge in [0.1, 0.15) is 0 Å². The first kappa shape index (κ1) is 16.2. The van der Waals surface area contributed by atoms with Gasteiger partial charge in [0.05, 0.1) is 5.41 Å². The molecule has 0 aliphatic heterocycles. The summed E-state index contributed by atoms with van der Waals surface area (Å²) >= 11 is 0. The van der Waals surface area contributed by atoms with Crippen LogP contribution in [0.2, 0.25) is 0 Å². The van der Waals surface area contributed by atoms with Crippen LogP contribution in [0.25, 0.3) is 0 Å². The van der Waals surface area contributed by atoms with Crippen LogP contribution in [0, 0.1) is 0 Å². The normalized spacial score (nSPS) is 17.4. The lowest BCUT2D eigenvalue weighted by atomic mass is 9.83. The number of unbranched alkanes of at least 4 members (excludes halogenated alkanes) is 1. The van der Waals surface area contributed by atoms with E-state index in [1.165, 1.54) is 49.3 Å². The van der Waals surface area contributed by atoms with Crippen LogP contribution in [0.3, 0.4) is 0 Å². The first-order chi connectivity index (χ1) is 10.0. The molecule has 0 atom stereocenters. The van der Waals surface area contributed by atoms with Crippen molar-refractivity contribution in [1.29, 1.82) is 0 Å². The van der Waals surface area contributed by atoms with Gasteiger partial charge in [0, 0.05) is 0 Å². The number of hydrogen-bond acceptors (Lipinski definition) is 2. The Bertz CT molecular complexity index is 569. The molecule has 0 amide bonds. The number of benzene rings is 1. The highest BCUT2D eigenvalue weighted by molar-refractivity contribution is 7.88. The molecule has 0 saturated heterocycles. The van der Waals surface area contributed by atoms with Crippen molar-refractivity contribution in [1.82, 2.24) is 0 Å². The summed E-state index contributed by atoms with van der Waals surface area (Å²) in [5.74, 6) is 0.720. The molecule has 4 heteroatoms. The SMILES string of the molecule is O=S(=O)(O)C=CCCCc1cccc(C2CCCCC2)c1. The summed E-state index contributed by atoms with van der Waals surface area (Å²) in [5.41, 5.74) is 2.78. The van der Waals surface area contributed by atoms with Gasteiger partial charge in [-0.2, -0.15) is 8.42 Å². The van der Waals surface area contributed by atoms with Crippen LogP contribution in [0.5, 0.6) is 0 Å². The van der Waals surface area contributed by atoms with Gasteiger partial charge in [-0.1, -0.05) is 49.6 Å². The molecule has 0 radical (unpaired) electrons. The molecule has 1 aromatic carbocycles. The molecule has 1 saturated carbocycles. The van der Waals surface area contributed by atoms with Crippen molar-refractivity contribution >= 4 is 10.1 Å². The van der Waals surface area contributed by atoms with Gasteiger partial charge in [0.2, 0.25) is 0 Å². The molecule has 0 unspecified atom stereocenters. The van der Waals surface area contributed by atoms with Crippen LogP contribution in [-0.4, -0.2) is 13.0 Å². The highest BCUT2D eigenvalue weighted by Gasteiger charge is 2.15. The van der Waals surface area contributed by atoms with Crippen molar-refractivity contribution in [3.8, 4) is 0 Å². The van der Waals surface area contributed by atoms with Crippen LogP contribution in [-0.2, 0) is 16.5 Å². The Hall–Kier alpha value is -1.13. The quantitative estimate of drug-likeness (QED) is 0.623. The zero-order valence-corrected chi connectivity index (χ0v) is 13.2. The number of allylic oxidation sites excluding steroid dienone is 1. The van der Waals surface area contributed by atoms with Gasteiger partial charge in [0.25, 0.3) is 10.1 Å². The fraction of sp³-hybridized carbons (Fsp3) is 0.529. The van der Waals surface area contributed by atoms with Gasteiger partial charge in [-0.25, -0.2) is 0 Å². The van der Waals surface area contributed by atoms with Crippen LogP contribution in [0.15, 0.2) is 35.7 Å². The number of rotatable bonds is 6. The zero-order chi connectivity index (χ0) is 15.1. The second-order valence-electron chi connectivity index (χ2n) is 5.86. The summed E-state index contributed by atoms with van der Waals surface area (Å²) in [4.78, 5) is 0. The van der Waals surface area contributed by atoms with E-state index in [0.717, 1.165) is 24.2 Å². The second kappa shape index (κ2) is 7.76. The van der Waals surface area contributed by atoms with Crippen molar-refractivity contribution in [3.63, 3.8) is 0 Å². The van der Waals surface area contributed by atoms with Gasteiger partial charge in [0.15, 0.2) is 0 Å². The minimum absolute atomic E-state index is 0.660. The Balaban J connectivity index is 1.85. The lowest BCUT2D eigenvalue weighted by molar-refractivity contribution is 0.443. The minimum Gasteiger partial charge on any atom is -0.282 e. The monoisotopic (exact) mass is 308 g/mol. The highest BCUT2D eigenvalue weighted by atomic mass is 32.2. The summed E-state index contributed by atoms with van der Waals surface area (Å²) in [7, 11) is -3.97. The molecule has 1 fully saturated rings. The van der Waals surface area contributed by atoms with E-state index in [0.29, 0.717) is 6.42 Å². The third-order valence-electron chi connectivity index (χ3n) is 4.13. The molecule has 3 nitrogen and oxygen atoms in total. The van der Waals surface area contributed by atoms with Crippen molar-refractivity contribution in [2.45, 2.75) is 57.3 Å². The topological polar surface area (TPSA) is 54.4 Å². The summed E-state index contributed by atoms with van der Waals surface area (Å²) in [6, 6.07) is 8.81. The molecule has 1 aromatic rings. The summed E-state index contributed by atoms with van der Waals surface area (Å²) in [6.45, 7) is 0. The van der Waals surface area contributed by atoms with Crippen molar-refractivity contribution in [3.05, 3.63) is 46.9 Å². The predicted molar refractivity (Wildman–Crippen MR) is 85.9 cm³/mol. The lowest BCUT2D eigenvalue weighted by Crippen LogP contribution is -2.04. The maximum absolute atomic E-state index is 10.6. The first-order valence-corrected chi connectivity index (χ1v) is 9.28. The predicted octanol–water partition coefficient (Wildman–Crippen LogP) is 4.46. The standard InChI is InChI=1S/C17H24O3S/c18-21(19,20)13-6-2-3-8-15-9-7-12-17(14-15)16-10-4-1-5-11-16/h6-7,9,12-14,16H,1-5,8,10-11H2,(H,18,19,20). The van der Waals surface area contributed by atoms with Crippen LogP contribution in [0.1, 0.15) is 62.0 Å². The van der Waals surface area contributed by atoms with Crippen LogP contribution < -0.4 is 0 Å². The molecule has 0 bridgehead atoms. The molecule has 21 heavy (non-hydrogen) atoms. The number of aryl methyl sites for hydroxylation is 1. The fourth-order valence-electron chi connectivity index (χ4n) is 3.05. The van der Waals surface area contributed by atoms with Crippen molar-refractivity contribution < 1.29 is 13.0 Å². The zero-order valence-electron chi connectivity index (χ0n) is 12.4. The fourth-order valence-corrected chi connectivity index (χ4v) is 3.43. The third-order valence-corrected chi connectivity index (χ3v) is 4.67.